The molecular weight excluding hydrogens is 523 g/mol. The van der Waals surface area contributed by atoms with Crippen molar-refractivity contribution in [3.05, 3.63) is 166 Å². The van der Waals surface area contributed by atoms with Crippen LogP contribution in [0.25, 0.3) is 0 Å². The Kier molecular flexibility index (Phi) is 8.18. The molecule has 1 atom stereocenters. The van der Waals surface area contributed by atoms with Crippen LogP contribution < -0.4 is 4.74 Å². The molecule has 0 aliphatic heterocycles. The van der Waals surface area contributed by atoms with Crippen LogP contribution in [0.15, 0.2) is 121 Å². The molecule has 0 saturated carbocycles. The van der Waals surface area contributed by atoms with Gasteiger partial charge in [0.05, 0.1) is 0 Å². The van der Waals surface area contributed by atoms with Crippen LogP contribution in [0.5, 0.6) is 11.5 Å². The van der Waals surface area contributed by atoms with Crippen LogP contribution in [0.1, 0.15) is 55.8 Å². The summed E-state index contributed by atoms with van der Waals surface area (Å²) in [5.74, 6) is 0.0207. The van der Waals surface area contributed by atoms with E-state index in [9.17, 15) is 14.0 Å². The Balaban J connectivity index is 1.25. The highest BCUT2D eigenvalue weighted by atomic mass is 35.5. The van der Waals surface area contributed by atoms with E-state index in [-0.39, 0.29) is 23.2 Å². The molecule has 0 heterocycles. The molecule has 3 nitrogen and oxygen atoms in total. The molecule has 198 valence electrons. The fourth-order valence-electron chi connectivity index (χ4n) is 4.49. The molecule has 5 aromatic carbocycles. The Hall–Kier alpha value is -4.54. The van der Waals surface area contributed by atoms with Gasteiger partial charge in [-0.2, -0.15) is 0 Å². The topological polar surface area (TPSA) is 43.4 Å². The lowest BCUT2D eigenvalue weighted by Crippen LogP contribution is -2.03. The minimum absolute atomic E-state index is 0.0611. The second-order valence-electron chi connectivity index (χ2n) is 9.65. The van der Waals surface area contributed by atoms with Crippen molar-refractivity contribution in [3.63, 3.8) is 0 Å². The normalized spacial score (nSPS) is 11.6. The SMILES string of the molecule is C[C@H](Cc1ccc(C(=O)c2ccc(Cl)cc2)cc1)c1ccc(F)c(Oc2ccc(C(=O)c3ccccc3)cc2)c1. The van der Waals surface area contributed by atoms with Crippen LogP contribution in [0, 0.1) is 5.82 Å². The predicted molar refractivity (Wildman–Crippen MR) is 156 cm³/mol. The van der Waals surface area contributed by atoms with Crippen molar-refractivity contribution in [2.45, 2.75) is 19.3 Å². The summed E-state index contributed by atoms with van der Waals surface area (Å²) in [5.41, 5.74) is 4.31. The smallest absolute Gasteiger partial charge is 0.193 e. The molecule has 5 aromatic rings. The minimum atomic E-state index is -0.467. The van der Waals surface area contributed by atoms with Crippen molar-refractivity contribution in [1.29, 1.82) is 0 Å². The summed E-state index contributed by atoms with van der Waals surface area (Å²) in [6.07, 6.45) is 0.705. The highest BCUT2D eigenvalue weighted by Gasteiger charge is 2.14. The molecule has 0 amide bonds. The Labute approximate surface area is 237 Å². The zero-order valence-electron chi connectivity index (χ0n) is 21.8. The number of carbonyl (C=O) groups is 2. The van der Waals surface area contributed by atoms with Gasteiger partial charge in [-0.3, -0.25) is 9.59 Å². The van der Waals surface area contributed by atoms with Gasteiger partial charge in [0.1, 0.15) is 5.75 Å². The molecule has 5 heteroatoms. The molecule has 0 radical (unpaired) electrons. The van der Waals surface area contributed by atoms with Crippen LogP contribution >= 0.6 is 11.6 Å². The van der Waals surface area contributed by atoms with E-state index < -0.39 is 5.82 Å². The maximum atomic E-state index is 14.6. The Bertz CT molecular complexity index is 1630. The summed E-state index contributed by atoms with van der Waals surface area (Å²) in [5, 5.41) is 0.587. The number of ether oxygens (including phenoxy) is 1. The number of halogens is 2. The van der Waals surface area contributed by atoms with Crippen LogP contribution in [0.2, 0.25) is 5.02 Å². The summed E-state index contributed by atoms with van der Waals surface area (Å²) in [6, 6.07) is 35.0. The predicted octanol–water partition coefficient (Wildman–Crippen LogP) is 9.08. The van der Waals surface area contributed by atoms with E-state index >= 15 is 0 Å². The van der Waals surface area contributed by atoms with E-state index in [4.69, 9.17) is 16.3 Å². The van der Waals surface area contributed by atoms with Crippen molar-refractivity contribution < 1.29 is 18.7 Å². The molecule has 0 bridgehead atoms. The van der Waals surface area contributed by atoms with E-state index in [1.54, 1.807) is 72.8 Å². The van der Waals surface area contributed by atoms with Gasteiger partial charge in [-0.25, -0.2) is 4.39 Å². The number of hydrogen-bond acceptors (Lipinski definition) is 3. The van der Waals surface area contributed by atoms with Crippen molar-refractivity contribution in [1.82, 2.24) is 0 Å². The van der Waals surface area contributed by atoms with E-state index in [0.29, 0.717) is 39.4 Å². The van der Waals surface area contributed by atoms with Crippen molar-refractivity contribution in [3.8, 4) is 11.5 Å². The van der Waals surface area contributed by atoms with Gasteiger partial charge in [-0.1, -0.05) is 79.2 Å². The molecule has 0 aliphatic carbocycles. The third-order valence-corrected chi connectivity index (χ3v) is 7.02. The number of benzene rings is 5. The van der Waals surface area contributed by atoms with Gasteiger partial charge in [0, 0.05) is 27.3 Å². The lowest BCUT2D eigenvalue weighted by atomic mass is 9.92. The highest BCUT2D eigenvalue weighted by molar-refractivity contribution is 6.30. The van der Waals surface area contributed by atoms with Gasteiger partial charge >= 0.3 is 0 Å². The molecule has 0 unspecified atom stereocenters. The summed E-state index contributed by atoms with van der Waals surface area (Å²) >= 11 is 5.93. The molecule has 0 aromatic heterocycles. The lowest BCUT2D eigenvalue weighted by Gasteiger charge is -2.15. The molecule has 0 saturated heterocycles. The monoisotopic (exact) mass is 548 g/mol. The number of hydrogen-bond donors (Lipinski definition) is 0. The fraction of sp³-hybridized carbons (Fsp3) is 0.0857. The molecular formula is C35H26ClFO3. The Morgan fingerprint density at radius 1 is 0.700 bits per heavy atom. The van der Waals surface area contributed by atoms with E-state index in [0.717, 1.165) is 11.1 Å². The zero-order chi connectivity index (χ0) is 28.1. The van der Waals surface area contributed by atoms with Crippen LogP contribution in [-0.2, 0) is 6.42 Å². The van der Waals surface area contributed by atoms with Crippen molar-refractivity contribution in [2.24, 2.45) is 0 Å². The first kappa shape index (κ1) is 27.0. The van der Waals surface area contributed by atoms with Gasteiger partial charge in [-0.05, 0) is 84.1 Å². The largest absolute Gasteiger partial charge is 0.454 e. The fourth-order valence-corrected chi connectivity index (χ4v) is 4.62. The maximum Gasteiger partial charge on any atom is 0.193 e. The van der Waals surface area contributed by atoms with E-state index in [1.807, 2.05) is 42.5 Å². The Morgan fingerprint density at radius 3 is 1.82 bits per heavy atom. The van der Waals surface area contributed by atoms with Crippen molar-refractivity contribution in [2.75, 3.05) is 0 Å². The molecule has 0 fully saturated rings. The summed E-state index contributed by atoms with van der Waals surface area (Å²) < 4.78 is 20.5. The van der Waals surface area contributed by atoms with E-state index in [1.165, 1.54) is 6.07 Å². The lowest BCUT2D eigenvalue weighted by molar-refractivity contribution is 0.103. The first-order valence-electron chi connectivity index (χ1n) is 12.9. The number of rotatable bonds is 9. The number of carbonyl (C=O) groups excluding carboxylic acids is 2. The number of ketones is 2. The van der Waals surface area contributed by atoms with Crippen molar-refractivity contribution >= 4 is 23.2 Å². The average molecular weight is 549 g/mol. The third kappa shape index (κ3) is 6.36. The second kappa shape index (κ2) is 12.1. The minimum Gasteiger partial charge on any atom is -0.454 e. The van der Waals surface area contributed by atoms with Gasteiger partial charge in [0.15, 0.2) is 23.1 Å². The quantitative estimate of drug-likeness (QED) is 0.172. The highest BCUT2D eigenvalue weighted by Crippen LogP contribution is 2.30. The Morgan fingerprint density at radius 2 is 1.23 bits per heavy atom. The van der Waals surface area contributed by atoms with Gasteiger partial charge in [-0.15, -0.1) is 0 Å². The summed E-state index contributed by atoms with van der Waals surface area (Å²) in [7, 11) is 0. The molecule has 0 aliphatic rings. The standard InChI is InChI=1S/C35H26ClFO3/c1-23(21-24-7-9-26(10-8-24)35(39)27-11-16-30(36)17-12-27)29-15-20-32(37)33(22-29)40-31-18-13-28(14-19-31)34(38)25-5-3-2-4-6-25/h2-20,22-23H,21H2,1H3/t23-/m1/s1. The molecule has 0 N–H and O–H groups in total. The summed E-state index contributed by atoms with van der Waals surface area (Å²) in [4.78, 5) is 25.4. The van der Waals surface area contributed by atoms with Gasteiger partial charge < -0.3 is 4.74 Å². The first-order chi connectivity index (χ1) is 19.4. The zero-order valence-corrected chi connectivity index (χ0v) is 22.6. The second-order valence-corrected chi connectivity index (χ2v) is 10.1. The van der Waals surface area contributed by atoms with Gasteiger partial charge in [0.25, 0.3) is 0 Å². The van der Waals surface area contributed by atoms with Gasteiger partial charge in [0.2, 0.25) is 0 Å². The van der Waals surface area contributed by atoms with Crippen LogP contribution in [-0.4, -0.2) is 11.6 Å². The van der Waals surface area contributed by atoms with E-state index in [2.05, 4.69) is 6.92 Å². The maximum absolute atomic E-state index is 14.6. The third-order valence-electron chi connectivity index (χ3n) is 6.77. The average Bonchev–Trinajstić information content (AvgIpc) is 2.99. The van der Waals surface area contributed by atoms with Crippen LogP contribution in [0.3, 0.4) is 0 Å². The molecule has 40 heavy (non-hydrogen) atoms. The molecule has 5 rings (SSSR count). The summed E-state index contributed by atoms with van der Waals surface area (Å²) in [6.45, 7) is 2.06. The molecule has 0 spiro atoms. The first-order valence-corrected chi connectivity index (χ1v) is 13.3. The van der Waals surface area contributed by atoms with Crippen LogP contribution in [0.4, 0.5) is 4.39 Å².